The lowest BCUT2D eigenvalue weighted by molar-refractivity contribution is 0.0929. The van der Waals surface area contributed by atoms with E-state index in [0.717, 1.165) is 0 Å². The molecule has 4 nitrogen and oxygen atoms in total. The van der Waals surface area contributed by atoms with Crippen LogP contribution in [0.3, 0.4) is 0 Å². The summed E-state index contributed by atoms with van der Waals surface area (Å²) < 4.78 is 10.3. The number of furan rings is 1. The van der Waals surface area contributed by atoms with Crippen LogP contribution in [0.1, 0.15) is 16.1 Å². The molecule has 2 rings (SSSR count). The molecule has 2 unspecified atom stereocenters. The Balaban J connectivity index is 2.01. The van der Waals surface area contributed by atoms with Crippen LogP contribution < -0.4 is 5.32 Å². The van der Waals surface area contributed by atoms with Crippen molar-refractivity contribution in [3.63, 3.8) is 0 Å². The Labute approximate surface area is 96.1 Å². The maximum atomic E-state index is 11.8. The Morgan fingerprint density at radius 1 is 1.60 bits per heavy atom. The van der Waals surface area contributed by atoms with Crippen molar-refractivity contribution < 1.29 is 13.9 Å². The van der Waals surface area contributed by atoms with Gasteiger partial charge in [0.2, 0.25) is 0 Å². The van der Waals surface area contributed by atoms with Gasteiger partial charge in [-0.1, -0.05) is 15.9 Å². The van der Waals surface area contributed by atoms with Gasteiger partial charge in [-0.25, -0.2) is 0 Å². The molecule has 1 amide bonds. The topological polar surface area (TPSA) is 51.5 Å². The molecule has 2 atom stereocenters. The van der Waals surface area contributed by atoms with Crippen molar-refractivity contribution in [1.29, 1.82) is 0 Å². The third kappa shape index (κ3) is 2.23. The minimum atomic E-state index is -0.110. The van der Waals surface area contributed by atoms with E-state index in [1.54, 1.807) is 13.0 Å². The van der Waals surface area contributed by atoms with Crippen LogP contribution in [-0.4, -0.2) is 30.0 Å². The van der Waals surface area contributed by atoms with Gasteiger partial charge in [0.05, 0.1) is 35.9 Å². The van der Waals surface area contributed by atoms with Crippen molar-refractivity contribution >= 4 is 21.8 Å². The van der Waals surface area contributed by atoms with Gasteiger partial charge in [0.25, 0.3) is 5.91 Å². The van der Waals surface area contributed by atoms with Gasteiger partial charge < -0.3 is 14.5 Å². The second-order valence-corrected chi connectivity index (χ2v) is 4.70. The van der Waals surface area contributed by atoms with Crippen LogP contribution in [0, 0.1) is 6.92 Å². The Kier molecular flexibility index (Phi) is 3.11. The predicted molar refractivity (Wildman–Crippen MR) is 58.2 cm³/mol. The van der Waals surface area contributed by atoms with Crippen LogP contribution in [0.15, 0.2) is 16.7 Å². The summed E-state index contributed by atoms with van der Waals surface area (Å²) in [5.41, 5.74) is 0.585. The van der Waals surface area contributed by atoms with Crippen LogP contribution in [0.25, 0.3) is 0 Å². The zero-order valence-electron chi connectivity index (χ0n) is 8.33. The summed E-state index contributed by atoms with van der Waals surface area (Å²) in [7, 11) is 0. The molecule has 0 saturated carbocycles. The molecule has 2 heterocycles. The molecule has 0 aliphatic carbocycles. The molecule has 1 fully saturated rings. The van der Waals surface area contributed by atoms with E-state index in [4.69, 9.17) is 9.15 Å². The van der Waals surface area contributed by atoms with E-state index in [2.05, 4.69) is 21.2 Å². The Bertz CT molecular complexity index is 363. The van der Waals surface area contributed by atoms with Crippen molar-refractivity contribution in [1.82, 2.24) is 5.32 Å². The zero-order chi connectivity index (χ0) is 10.8. The molecule has 82 valence electrons. The number of alkyl halides is 1. The third-order valence-electron chi connectivity index (χ3n) is 2.43. The molecule has 1 N–H and O–H groups in total. The molecule has 1 aromatic rings. The molecule has 0 aromatic carbocycles. The Morgan fingerprint density at radius 3 is 2.93 bits per heavy atom. The summed E-state index contributed by atoms with van der Waals surface area (Å²) in [4.78, 5) is 12.0. The maximum absolute atomic E-state index is 11.8. The number of carbonyl (C=O) groups excluding carboxylic acids is 1. The highest BCUT2D eigenvalue weighted by atomic mass is 79.9. The number of halogens is 1. The highest BCUT2D eigenvalue weighted by molar-refractivity contribution is 9.09. The molecule has 0 bridgehead atoms. The summed E-state index contributed by atoms with van der Waals surface area (Å²) in [5.74, 6) is 0.527. The largest absolute Gasteiger partial charge is 0.469 e. The van der Waals surface area contributed by atoms with Gasteiger partial charge in [-0.05, 0) is 13.0 Å². The van der Waals surface area contributed by atoms with Gasteiger partial charge in [-0.15, -0.1) is 0 Å². The number of rotatable bonds is 2. The van der Waals surface area contributed by atoms with E-state index in [1.807, 2.05) is 0 Å². The van der Waals surface area contributed by atoms with Gasteiger partial charge in [0.15, 0.2) is 0 Å². The number of ether oxygens (including phenoxy) is 1. The number of carbonyl (C=O) groups is 1. The van der Waals surface area contributed by atoms with Crippen LogP contribution in [0.5, 0.6) is 0 Å². The minimum Gasteiger partial charge on any atom is -0.469 e. The fourth-order valence-corrected chi connectivity index (χ4v) is 2.00. The first-order chi connectivity index (χ1) is 7.18. The first-order valence-corrected chi connectivity index (χ1v) is 5.67. The summed E-state index contributed by atoms with van der Waals surface area (Å²) in [6.07, 6.45) is 1.51. The number of hydrogen-bond donors (Lipinski definition) is 1. The summed E-state index contributed by atoms with van der Waals surface area (Å²) >= 11 is 3.45. The van der Waals surface area contributed by atoms with Gasteiger partial charge in [-0.2, -0.15) is 0 Å². The molecule has 0 radical (unpaired) electrons. The van der Waals surface area contributed by atoms with E-state index < -0.39 is 0 Å². The minimum absolute atomic E-state index is 0.0341. The van der Waals surface area contributed by atoms with Gasteiger partial charge in [-0.3, -0.25) is 4.79 Å². The summed E-state index contributed by atoms with van der Waals surface area (Å²) in [6, 6.07) is 1.70. The van der Waals surface area contributed by atoms with Crippen LogP contribution >= 0.6 is 15.9 Å². The van der Waals surface area contributed by atoms with Crippen LogP contribution in [-0.2, 0) is 4.74 Å². The summed E-state index contributed by atoms with van der Waals surface area (Å²) in [6.45, 7) is 2.96. The first kappa shape index (κ1) is 10.7. The molecular weight excluding hydrogens is 262 g/mol. The van der Waals surface area contributed by atoms with Crippen molar-refractivity contribution in [3.8, 4) is 0 Å². The monoisotopic (exact) mass is 273 g/mol. The number of nitrogens with one attached hydrogen (secondary N) is 1. The molecule has 1 saturated heterocycles. The molecular formula is C10H12BrNO3. The quantitative estimate of drug-likeness (QED) is 0.831. The van der Waals surface area contributed by atoms with E-state index in [1.165, 1.54) is 6.26 Å². The number of amides is 1. The fourth-order valence-electron chi connectivity index (χ4n) is 1.53. The summed E-state index contributed by atoms with van der Waals surface area (Å²) in [5, 5.41) is 2.90. The lowest BCUT2D eigenvalue weighted by atomic mass is 10.2. The van der Waals surface area contributed by atoms with E-state index in [0.29, 0.717) is 24.5 Å². The average Bonchev–Trinajstić information content (AvgIpc) is 2.76. The lowest BCUT2D eigenvalue weighted by Gasteiger charge is -2.13. The average molecular weight is 274 g/mol. The van der Waals surface area contributed by atoms with E-state index in [9.17, 15) is 4.79 Å². The SMILES string of the molecule is Cc1occc1C(=O)NC1COCC1Br. The van der Waals surface area contributed by atoms with Gasteiger partial charge in [0.1, 0.15) is 5.76 Å². The van der Waals surface area contributed by atoms with Crippen molar-refractivity contribution in [2.75, 3.05) is 13.2 Å². The second-order valence-electron chi connectivity index (χ2n) is 3.52. The molecule has 1 aliphatic heterocycles. The lowest BCUT2D eigenvalue weighted by Crippen LogP contribution is -2.40. The van der Waals surface area contributed by atoms with Crippen LogP contribution in [0.2, 0.25) is 0 Å². The number of hydrogen-bond acceptors (Lipinski definition) is 3. The Hall–Kier alpha value is -0.810. The Morgan fingerprint density at radius 2 is 2.40 bits per heavy atom. The second kappa shape index (κ2) is 4.37. The van der Waals surface area contributed by atoms with Crippen molar-refractivity contribution in [2.45, 2.75) is 17.8 Å². The molecule has 1 aromatic heterocycles. The first-order valence-electron chi connectivity index (χ1n) is 4.75. The van der Waals surface area contributed by atoms with Crippen molar-refractivity contribution in [3.05, 3.63) is 23.7 Å². The number of aryl methyl sites for hydroxylation is 1. The smallest absolute Gasteiger partial charge is 0.255 e. The highest BCUT2D eigenvalue weighted by Gasteiger charge is 2.28. The molecule has 0 spiro atoms. The highest BCUT2D eigenvalue weighted by Crippen LogP contribution is 2.16. The van der Waals surface area contributed by atoms with E-state index in [-0.39, 0.29) is 16.8 Å². The normalized spacial score (nSPS) is 25.5. The fraction of sp³-hybridized carbons (Fsp3) is 0.500. The van der Waals surface area contributed by atoms with Crippen LogP contribution in [0.4, 0.5) is 0 Å². The molecule has 5 heteroatoms. The van der Waals surface area contributed by atoms with Crippen molar-refractivity contribution in [2.24, 2.45) is 0 Å². The van der Waals surface area contributed by atoms with Gasteiger partial charge in [0, 0.05) is 0 Å². The standard InChI is InChI=1S/C10H12BrNO3/c1-6-7(2-3-15-6)10(13)12-9-5-14-4-8(9)11/h2-3,8-9H,4-5H2,1H3,(H,12,13). The maximum Gasteiger partial charge on any atom is 0.255 e. The van der Waals surface area contributed by atoms with Gasteiger partial charge >= 0.3 is 0 Å². The predicted octanol–water partition coefficient (Wildman–Crippen LogP) is 1.48. The third-order valence-corrected chi connectivity index (χ3v) is 3.33. The molecule has 15 heavy (non-hydrogen) atoms. The molecule has 1 aliphatic rings. The van der Waals surface area contributed by atoms with E-state index >= 15 is 0 Å². The zero-order valence-corrected chi connectivity index (χ0v) is 9.91.